The summed E-state index contributed by atoms with van der Waals surface area (Å²) in [5, 5.41) is 10.9. The number of amides is 1. The Kier molecular flexibility index (Phi) is 5.69. The first kappa shape index (κ1) is 17.4. The van der Waals surface area contributed by atoms with E-state index in [-0.39, 0.29) is 30.0 Å². The van der Waals surface area contributed by atoms with Gasteiger partial charge in [0, 0.05) is 36.3 Å². The Hall–Kier alpha value is -1.66. The van der Waals surface area contributed by atoms with Crippen molar-refractivity contribution < 1.29 is 9.72 Å². The first-order valence-corrected chi connectivity index (χ1v) is 6.70. The number of hydrogen-bond donors (Lipinski definition) is 1. The minimum absolute atomic E-state index is 0. The van der Waals surface area contributed by atoms with Crippen LogP contribution in [0, 0.1) is 23.0 Å². The Bertz CT molecular complexity index is 548. The van der Waals surface area contributed by atoms with Gasteiger partial charge in [-0.05, 0) is 32.3 Å². The molecule has 21 heavy (non-hydrogen) atoms. The van der Waals surface area contributed by atoms with E-state index in [1.165, 1.54) is 6.07 Å². The summed E-state index contributed by atoms with van der Waals surface area (Å²) in [5.74, 6) is 0.160. The third-order valence-corrected chi connectivity index (χ3v) is 3.99. The highest BCUT2D eigenvalue weighted by molar-refractivity contribution is 5.96. The van der Waals surface area contributed by atoms with Crippen LogP contribution < -0.4 is 5.73 Å². The van der Waals surface area contributed by atoms with Crippen molar-refractivity contribution in [2.75, 3.05) is 13.1 Å². The zero-order chi connectivity index (χ0) is 14.9. The molecule has 1 amide bonds. The van der Waals surface area contributed by atoms with E-state index in [1.54, 1.807) is 24.0 Å². The van der Waals surface area contributed by atoms with Crippen molar-refractivity contribution in [2.24, 2.45) is 11.7 Å². The number of nitrogens with zero attached hydrogens (tertiary/aromatic N) is 2. The zero-order valence-electron chi connectivity index (χ0n) is 12.1. The molecule has 7 heteroatoms. The third-order valence-electron chi connectivity index (χ3n) is 3.99. The van der Waals surface area contributed by atoms with Gasteiger partial charge in [0.1, 0.15) is 0 Å². The van der Waals surface area contributed by atoms with Crippen LogP contribution in [0.15, 0.2) is 18.2 Å². The number of benzene rings is 1. The number of nitrogens with two attached hydrogens (primary N) is 1. The monoisotopic (exact) mass is 313 g/mol. The van der Waals surface area contributed by atoms with E-state index >= 15 is 0 Å². The summed E-state index contributed by atoms with van der Waals surface area (Å²) in [6, 6.07) is 4.67. The third kappa shape index (κ3) is 3.51. The van der Waals surface area contributed by atoms with Gasteiger partial charge in [0.25, 0.3) is 11.6 Å². The van der Waals surface area contributed by atoms with Crippen LogP contribution in [0.25, 0.3) is 0 Å². The fraction of sp³-hybridized carbons (Fsp3) is 0.500. The highest BCUT2D eigenvalue weighted by Crippen LogP contribution is 2.25. The lowest BCUT2D eigenvalue weighted by Crippen LogP contribution is -2.33. The SMILES string of the molecule is Cc1c(C(=O)N2CCC(C(C)N)C2)cccc1[N+](=O)[O-].Cl. The molecule has 6 nitrogen and oxygen atoms in total. The average Bonchev–Trinajstić information content (AvgIpc) is 2.87. The Labute approximate surface area is 129 Å². The highest BCUT2D eigenvalue weighted by Gasteiger charge is 2.30. The van der Waals surface area contributed by atoms with Gasteiger partial charge in [0.05, 0.1) is 4.92 Å². The molecule has 0 radical (unpaired) electrons. The molecule has 1 saturated heterocycles. The molecule has 2 unspecified atom stereocenters. The first-order valence-electron chi connectivity index (χ1n) is 6.70. The van der Waals surface area contributed by atoms with Crippen molar-refractivity contribution >= 4 is 24.0 Å². The van der Waals surface area contributed by atoms with Crippen LogP contribution in [0.2, 0.25) is 0 Å². The van der Waals surface area contributed by atoms with Gasteiger partial charge in [-0.25, -0.2) is 0 Å². The van der Waals surface area contributed by atoms with Crippen molar-refractivity contribution in [3.05, 3.63) is 39.4 Å². The van der Waals surface area contributed by atoms with Crippen molar-refractivity contribution in [2.45, 2.75) is 26.3 Å². The maximum absolute atomic E-state index is 12.5. The van der Waals surface area contributed by atoms with Crippen LogP contribution in [0.1, 0.15) is 29.3 Å². The molecule has 1 heterocycles. The van der Waals surface area contributed by atoms with Crippen LogP contribution >= 0.6 is 12.4 Å². The predicted molar refractivity (Wildman–Crippen MR) is 82.7 cm³/mol. The van der Waals surface area contributed by atoms with Gasteiger partial charge in [-0.1, -0.05) is 6.07 Å². The minimum Gasteiger partial charge on any atom is -0.338 e. The van der Waals surface area contributed by atoms with Crippen molar-refractivity contribution in [3.8, 4) is 0 Å². The summed E-state index contributed by atoms with van der Waals surface area (Å²) in [6.07, 6.45) is 0.886. The Morgan fingerprint density at radius 1 is 1.52 bits per heavy atom. The summed E-state index contributed by atoms with van der Waals surface area (Å²) >= 11 is 0. The molecule has 1 aliphatic rings. The largest absolute Gasteiger partial charge is 0.338 e. The molecular weight excluding hydrogens is 294 g/mol. The Morgan fingerprint density at radius 3 is 2.71 bits per heavy atom. The molecule has 0 aliphatic carbocycles. The van der Waals surface area contributed by atoms with E-state index < -0.39 is 4.92 Å². The van der Waals surface area contributed by atoms with Crippen molar-refractivity contribution in [1.82, 2.24) is 4.90 Å². The Balaban J connectivity index is 0.00000220. The molecule has 0 bridgehead atoms. The molecule has 2 N–H and O–H groups in total. The smallest absolute Gasteiger partial charge is 0.273 e. The number of nitro groups is 1. The quantitative estimate of drug-likeness (QED) is 0.683. The number of rotatable bonds is 3. The van der Waals surface area contributed by atoms with Crippen LogP contribution in [0.4, 0.5) is 5.69 Å². The molecular formula is C14H20ClN3O3. The maximum Gasteiger partial charge on any atom is 0.273 e. The first-order chi connectivity index (χ1) is 9.41. The zero-order valence-corrected chi connectivity index (χ0v) is 12.9. The standard InChI is InChI=1S/C14H19N3O3.ClH/c1-9-12(4-3-5-13(9)17(19)20)14(18)16-7-6-11(8-16)10(2)15;/h3-5,10-11H,6-8,15H2,1-2H3;1H. The molecule has 1 aromatic carbocycles. The summed E-state index contributed by atoms with van der Waals surface area (Å²) < 4.78 is 0. The molecule has 0 saturated carbocycles. The lowest BCUT2D eigenvalue weighted by atomic mass is 10.0. The van der Waals surface area contributed by atoms with Gasteiger partial charge < -0.3 is 10.6 Å². The predicted octanol–water partition coefficient (Wildman–Crippen LogP) is 2.13. The van der Waals surface area contributed by atoms with Gasteiger partial charge in [-0.15, -0.1) is 12.4 Å². The number of carbonyl (C=O) groups is 1. The van der Waals surface area contributed by atoms with Gasteiger partial charge in [0.15, 0.2) is 0 Å². The molecule has 1 fully saturated rings. The van der Waals surface area contributed by atoms with E-state index in [2.05, 4.69) is 0 Å². The number of hydrogen-bond acceptors (Lipinski definition) is 4. The number of carbonyl (C=O) groups excluding carboxylic acids is 1. The van der Waals surface area contributed by atoms with Crippen molar-refractivity contribution in [1.29, 1.82) is 0 Å². The van der Waals surface area contributed by atoms with E-state index in [4.69, 9.17) is 5.73 Å². The molecule has 2 rings (SSSR count). The van der Waals surface area contributed by atoms with Gasteiger partial charge in [-0.2, -0.15) is 0 Å². The van der Waals surface area contributed by atoms with Crippen molar-refractivity contribution in [3.63, 3.8) is 0 Å². The van der Waals surface area contributed by atoms with E-state index in [1.807, 2.05) is 6.92 Å². The van der Waals surface area contributed by atoms with Crippen LogP contribution in [-0.2, 0) is 0 Å². The average molecular weight is 314 g/mol. The highest BCUT2D eigenvalue weighted by atomic mass is 35.5. The fourth-order valence-corrected chi connectivity index (χ4v) is 2.62. The number of halogens is 1. The normalized spacial score (nSPS) is 19.0. The lowest BCUT2D eigenvalue weighted by molar-refractivity contribution is -0.385. The second-order valence-electron chi connectivity index (χ2n) is 5.37. The van der Waals surface area contributed by atoms with Gasteiger partial charge in [-0.3, -0.25) is 14.9 Å². The summed E-state index contributed by atoms with van der Waals surface area (Å²) in [7, 11) is 0. The van der Waals surface area contributed by atoms with E-state index in [0.717, 1.165) is 6.42 Å². The van der Waals surface area contributed by atoms with E-state index in [0.29, 0.717) is 30.1 Å². The molecule has 2 atom stereocenters. The van der Waals surface area contributed by atoms with Gasteiger partial charge >= 0.3 is 0 Å². The summed E-state index contributed by atoms with van der Waals surface area (Å²) in [4.78, 5) is 24.7. The molecule has 1 aliphatic heterocycles. The molecule has 1 aromatic rings. The molecule has 0 spiro atoms. The van der Waals surface area contributed by atoms with Crippen LogP contribution in [-0.4, -0.2) is 34.9 Å². The topological polar surface area (TPSA) is 89.5 Å². The second kappa shape index (κ2) is 6.87. The number of likely N-dealkylation sites (tertiary alicyclic amines) is 1. The molecule has 0 aromatic heterocycles. The van der Waals surface area contributed by atoms with Crippen LogP contribution in [0.5, 0.6) is 0 Å². The summed E-state index contributed by atoms with van der Waals surface area (Å²) in [5.41, 5.74) is 6.68. The van der Waals surface area contributed by atoms with E-state index in [9.17, 15) is 14.9 Å². The minimum atomic E-state index is -0.457. The molecule has 116 valence electrons. The fourth-order valence-electron chi connectivity index (χ4n) is 2.62. The second-order valence-corrected chi connectivity index (χ2v) is 5.37. The number of nitro benzene ring substituents is 1. The summed E-state index contributed by atoms with van der Waals surface area (Å²) in [6.45, 7) is 4.84. The maximum atomic E-state index is 12.5. The Morgan fingerprint density at radius 2 is 2.19 bits per heavy atom. The lowest BCUT2D eigenvalue weighted by Gasteiger charge is -2.19. The van der Waals surface area contributed by atoms with Gasteiger partial charge in [0.2, 0.25) is 0 Å². The van der Waals surface area contributed by atoms with Crippen LogP contribution in [0.3, 0.4) is 0 Å².